The first-order chi connectivity index (χ1) is 10.1. The van der Waals surface area contributed by atoms with Crippen molar-refractivity contribution in [3.8, 4) is 5.75 Å². The van der Waals surface area contributed by atoms with Gasteiger partial charge in [-0.15, -0.1) is 0 Å². The van der Waals surface area contributed by atoms with Gasteiger partial charge in [-0.2, -0.15) is 0 Å². The minimum atomic E-state index is -0.753. The predicted molar refractivity (Wildman–Crippen MR) is 80.8 cm³/mol. The molecule has 0 aromatic heterocycles. The van der Waals surface area contributed by atoms with Gasteiger partial charge >= 0.3 is 7.12 Å². The number of hydrogen-bond donors (Lipinski definition) is 1. The number of fused-ring (bicyclic) bond motifs is 1. The number of ether oxygens (including phenoxy) is 1. The molecule has 1 aromatic carbocycles. The second-order valence-electron chi connectivity index (χ2n) is 6.71. The lowest BCUT2D eigenvalue weighted by molar-refractivity contribution is -0.122. The summed E-state index contributed by atoms with van der Waals surface area (Å²) in [5, 5.41) is 2.64. The van der Waals surface area contributed by atoms with Gasteiger partial charge in [-0.25, -0.2) is 4.39 Å². The maximum atomic E-state index is 13.9. The molecule has 0 spiro atoms. The van der Waals surface area contributed by atoms with Crippen LogP contribution in [0.2, 0.25) is 0 Å². The molecule has 7 heteroatoms. The summed E-state index contributed by atoms with van der Waals surface area (Å²) >= 11 is 0. The molecular formula is C15H19BFNO4. The largest absolute Gasteiger partial charge is 0.498 e. The average molecular weight is 307 g/mol. The fourth-order valence-electron chi connectivity index (χ4n) is 2.45. The van der Waals surface area contributed by atoms with Crippen molar-refractivity contribution < 1.29 is 23.2 Å². The predicted octanol–water partition coefficient (Wildman–Crippen LogP) is 1.84. The molecule has 0 saturated carbocycles. The first-order valence-electron chi connectivity index (χ1n) is 7.27. The first-order valence-corrected chi connectivity index (χ1v) is 7.27. The summed E-state index contributed by atoms with van der Waals surface area (Å²) in [5.41, 5.74) is -0.339. The molecule has 2 aliphatic heterocycles. The Balaban J connectivity index is 2.04. The molecule has 1 N–H and O–H groups in total. The van der Waals surface area contributed by atoms with Crippen LogP contribution >= 0.6 is 0 Å². The lowest BCUT2D eigenvalue weighted by atomic mass is 9.77. The summed E-state index contributed by atoms with van der Waals surface area (Å²) in [4.78, 5) is 11.7. The summed E-state index contributed by atoms with van der Waals surface area (Å²) in [6.07, 6.45) is -0.654. The van der Waals surface area contributed by atoms with E-state index < -0.39 is 30.2 Å². The topological polar surface area (TPSA) is 56.8 Å². The smallest absolute Gasteiger partial charge is 0.479 e. The third-order valence-electron chi connectivity index (χ3n) is 4.51. The van der Waals surface area contributed by atoms with Crippen molar-refractivity contribution in [2.24, 2.45) is 0 Å². The van der Waals surface area contributed by atoms with Crippen molar-refractivity contribution >= 4 is 24.2 Å². The highest BCUT2D eigenvalue weighted by Gasteiger charge is 2.53. The third kappa shape index (κ3) is 2.28. The van der Waals surface area contributed by atoms with Crippen molar-refractivity contribution in [3.05, 3.63) is 17.9 Å². The molecule has 0 radical (unpaired) electrons. The van der Waals surface area contributed by atoms with Crippen LogP contribution in [0.3, 0.4) is 0 Å². The Morgan fingerprint density at radius 2 is 1.77 bits per heavy atom. The third-order valence-corrected chi connectivity index (χ3v) is 4.51. The van der Waals surface area contributed by atoms with Crippen LogP contribution in [0.1, 0.15) is 34.6 Å². The first kappa shape index (κ1) is 15.3. The molecule has 1 amide bonds. The van der Waals surface area contributed by atoms with Crippen LogP contribution in [-0.2, 0) is 14.1 Å². The van der Waals surface area contributed by atoms with E-state index in [4.69, 9.17) is 14.0 Å². The Labute approximate surface area is 129 Å². The zero-order chi connectivity index (χ0) is 16.3. The van der Waals surface area contributed by atoms with E-state index in [2.05, 4.69) is 5.32 Å². The van der Waals surface area contributed by atoms with Crippen molar-refractivity contribution in [1.82, 2.24) is 0 Å². The highest BCUT2D eigenvalue weighted by Crippen LogP contribution is 2.38. The molecule has 0 aliphatic carbocycles. The van der Waals surface area contributed by atoms with Crippen LogP contribution in [0, 0.1) is 5.82 Å². The molecule has 118 valence electrons. The normalized spacial score (nSPS) is 25.5. The molecule has 5 nitrogen and oxygen atoms in total. The van der Waals surface area contributed by atoms with Gasteiger partial charge in [0.25, 0.3) is 5.91 Å². The molecule has 1 fully saturated rings. The molecule has 0 bridgehead atoms. The van der Waals surface area contributed by atoms with Gasteiger partial charge in [0.1, 0.15) is 11.6 Å². The summed E-state index contributed by atoms with van der Waals surface area (Å²) in [6, 6.07) is 2.55. The average Bonchev–Trinajstić information content (AvgIpc) is 2.59. The molecule has 2 heterocycles. The van der Waals surface area contributed by atoms with E-state index in [9.17, 15) is 9.18 Å². The summed E-state index contributed by atoms with van der Waals surface area (Å²) < 4.78 is 31.4. The minimum Gasteiger partial charge on any atom is -0.479 e. The fraction of sp³-hybridized carbons (Fsp3) is 0.533. The zero-order valence-electron chi connectivity index (χ0n) is 13.3. The molecular weight excluding hydrogens is 288 g/mol. The Bertz CT molecular complexity index is 631. The van der Waals surface area contributed by atoms with Gasteiger partial charge in [0.05, 0.1) is 16.9 Å². The zero-order valence-corrected chi connectivity index (χ0v) is 13.3. The maximum Gasteiger partial charge on any atom is 0.498 e. The van der Waals surface area contributed by atoms with E-state index in [-0.39, 0.29) is 5.91 Å². The number of hydrogen-bond acceptors (Lipinski definition) is 4. The SMILES string of the molecule is C[C@@H]1Oc2c(cc(F)cc2B2OC(C)(C)C(C)(C)O2)NC1=O. The van der Waals surface area contributed by atoms with Crippen molar-refractivity contribution in [2.45, 2.75) is 51.9 Å². The van der Waals surface area contributed by atoms with E-state index in [0.717, 1.165) is 0 Å². The van der Waals surface area contributed by atoms with Gasteiger partial charge < -0.3 is 19.4 Å². The van der Waals surface area contributed by atoms with Crippen molar-refractivity contribution in [3.63, 3.8) is 0 Å². The Morgan fingerprint density at radius 3 is 2.36 bits per heavy atom. The molecule has 1 atom stereocenters. The van der Waals surface area contributed by atoms with Gasteiger partial charge in [-0.3, -0.25) is 4.79 Å². The molecule has 0 unspecified atom stereocenters. The minimum absolute atomic E-state index is 0.299. The second kappa shape index (κ2) is 4.70. The highest BCUT2D eigenvalue weighted by molar-refractivity contribution is 6.63. The van der Waals surface area contributed by atoms with E-state index in [1.165, 1.54) is 12.1 Å². The monoisotopic (exact) mass is 307 g/mol. The number of benzene rings is 1. The van der Waals surface area contributed by atoms with Crippen molar-refractivity contribution in [1.29, 1.82) is 0 Å². The van der Waals surface area contributed by atoms with E-state index >= 15 is 0 Å². The number of nitrogens with one attached hydrogen (secondary N) is 1. The lowest BCUT2D eigenvalue weighted by Crippen LogP contribution is -2.42. The van der Waals surface area contributed by atoms with Crippen LogP contribution in [0.25, 0.3) is 0 Å². The van der Waals surface area contributed by atoms with Crippen molar-refractivity contribution in [2.75, 3.05) is 5.32 Å². The summed E-state index contributed by atoms with van der Waals surface area (Å²) in [6.45, 7) is 9.32. The van der Waals surface area contributed by atoms with Gasteiger partial charge in [-0.05, 0) is 40.7 Å². The Hall–Kier alpha value is -1.60. The van der Waals surface area contributed by atoms with Gasteiger partial charge in [0.15, 0.2) is 6.10 Å². The molecule has 1 aromatic rings. The Morgan fingerprint density at radius 1 is 1.18 bits per heavy atom. The second-order valence-corrected chi connectivity index (χ2v) is 6.71. The van der Waals surface area contributed by atoms with E-state index in [0.29, 0.717) is 16.9 Å². The fourth-order valence-corrected chi connectivity index (χ4v) is 2.45. The number of amides is 1. The van der Waals surface area contributed by atoms with Crippen LogP contribution in [0.15, 0.2) is 12.1 Å². The van der Waals surface area contributed by atoms with E-state index in [1.807, 2.05) is 27.7 Å². The Kier molecular flexibility index (Phi) is 3.27. The van der Waals surface area contributed by atoms with Crippen LogP contribution in [-0.4, -0.2) is 30.3 Å². The number of halogens is 1. The maximum absolute atomic E-state index is 13.9. The van der Waals surface area contributed by atoms with Gasteiger partial charge in [0.2, 0.25) is 0 Å². The van der Waals surface area contributed by atoms with Crippen LogP contribution < -0.4 is 15.5 Å². The molecule has 2 aliphatic rings. The van der Waals surface area contributed by atoms with Crippen LogP contribution in [0.5, 0.6) is 5.75 Å². The van der Waals surface area contributed by atoms with E-state index in [1.54, 1.807) is 6.92 Å². The standard InChI is InChI=1S/C15H19BFNO4/c1-8-13(19)18-11-7-9(17)6-10(12(11)20-8)16-21-14(2,3)15(4,5)22-16/h6-8H,1-5H3,(H,18,19)/t8-/m0/s1. The van der Waals surface area contributed by atoms with Gasteiger partial charge in [-0.1, -0.05) is 0 Å². The molecule has 3 rings (SSSR count). The summed E-state index contributed by atoms with van der Waals surface area (Å²) in [7, 11) is -0.753. The molecule has 1 saturated heterocycles. The van der Waals surface area contributed by atoms with Gasteiger partial charge in [0, 0.05) is 11.5 Å². The number of rotatable bonds is 1. The number of carbonyl (C=O) groups is 1. The number of carbonyl (C=O) groups excluding carboxylic acids is 1. The quantitative estimate of drug-likeness (QED) is 0.805. The lowest BCUT2D eigenvalue weighted by Gasteiger charge is -2.32. The summed E-state index contributed by atoms with van der Waals surface area (Å²) in [5.74, 6) is -0.396. The highest BCUT2D eigenvalue weighted by atomic mass is 19.1. The van der Waals surface area contributed by atoms with Crippen LogP contribution in [0.4, 0.5) is 10.1 Å². The molecule has 22 heavy (non-hydrogen) atoms. The number of anilines is 1.